The summed E-state index contributed by atoms with van der Waals surface area (Å²) in [5.41, 5.74) is 2.22. The Labute approximate surface area is 167 Å². The Morgan fingerprint density at radius 3 is 2.45 bits per heavy atom. The number of carbonyl (C=O) groups is 3. The predicted molar refractivity (Wildman–Crippen MR) is 107 cm³/mol. The highest BCUT2D eigenvalue weighted by Crippen LogP contribution is 2.40. The molecule has 3 atom stereocenters. The highest BCUT2D eigenvalue weighted by molar-refractivity contribution is 6.03. The van der Waals surface area contributed by atoms with Gasteiger partial charge < -0.3 is 21.6 Å². The minimum Gasteiger partial charge on any atom is -0.481 e. The van der Waals surface area contributed by atoms with E-state index >= 15 is 0 Å². The van der Waals surface area contributed by atoms with Crippen molar-refractivity contribution < 1.29 is 19.5 Å². The van der Waals surface area contributed by atoms with Crippen LogP contribution in [0.15, 0.2) is 47.8 Å². The molecule has 29 heavy (non-hydrogen) atoms. The number of aromatic nitrogens is 1. The van der Waals surface area contributed by atoms with Gasteiger partial charge in [-0.3, -0.25) is 19.4 Å². The van der Waals surface area contributed by atoms with Crippen molar-refractivity contribution in [3.05, 3.63) is 53.9 Å². The first-order valence-corrected chi connectivity index (χ1v) is 9.02. The molecule has 1 aromatic carbocycles. The molecule has 3 rings (SSSR count). The van der Waals surface area contributed by atoms with Crippen molar-refractivity contribution in [3.63, 3.8) is 0 Å². The molecular weight excluding hydrogens is 374 g/mol. The van der Waals surface area contributed by atoms with Crippen molar-refractivity contribution in [2.75, 3.05) is 10.6 Å². The minimum absolute atomic E-state index is 0.240. The van der Waals surface area contributed by atoms with Gasteiger partial charge in [0.2, 0.25) is 11.8 Å². The first-order valence-electron chi connectivity index (χ1n) is 9.02. The van der Waals surface area contributed by atoms with E-state index in [1.54, 1.807) is 30.3 Å². The van der Waals surface area contributed by atoms with Crippen LogP contribution in [0.25, 0.3) is 0 Å². The summed E-state index contributed by atoms with van der Waals surface area (Å²) in [6.45, 7) is 1.53. The van der Waals surface area contributed by atoms with E-state index in [9.17, 15) is 19.5 Å². The van der Waals surface area contributed by atoms with Crippen LogP contribution in [0.3, 0.4) is 0 Å². The maximum atomic E-state index is 12.5. The fourth-order valence-electron chi connectivity index (χ4n) is 2.99. The van der Waals surface area contributed by atoms with E-state index in [4.69, 9.17) is 5.84 Å². The van der Waals surface area contributed by atoms with Gasteiger partial charge >= 0.3 is 5.97 Å². The molecule has 9 nitrogen and oxygen atoms in total. The number of hydrogen-bond acceptors (Lipinski definition) is 6. The predicted octanol–water partition coefficient (Wildman–Crippen LogP) is 1.78. The number of hydrazone groups is 1. The molecule has 0 radical (unpaired) electrons. The molecule has 1 aliphatic carbocycles. The maximum Gasteiger partial charge on any atom is 0.310 e. The fourth-order valence-corrected chi connectivity index (χ4v) is 2.99. The number of hydrogen-bond donors (Lipinski definition) is 4. The number of anilines is 2. The number of amides is 2. The van der Waals surface area contributed by atoms with Gasteiger partial charge in [0.25, 0.3) is 0 Å². The second kappa shape index (κ2) is 8.51. The number of nitrogens with one attached hydrogen (secondary N) is 2. The van der Waals surface area contributed by atoms with Crippen LogP contribution in [0, 0.1) is 11.8 Å². The number of aliphatic carboxylic acids is 1. The summed E-state index contributed by atoms with van der Waals surface area (Å²) in [6, 6.07) is 8.53. The second-order valence-corrected chi connectivity index (χ2v) is 6.85. The van der Waals surface area contributed by atoms with Gasteiger partial charge in [0, 0.05) is 11.9 Å². The molecule has 1 fully saturated rings. The monoisotopic (exact) mass is 395 g/mol. The van der Waals surface area contributed by atoms with E-state index in [1.807, 2.05) is 0 Å². The molecule has 9 heteroatoms. The number of carboxylic acids is 1. The normalized spacial score (nSPS) is 18.8. The minimum atomic E-state index is -1.00. The highest BCUT2D eigenvalue weighted by Gasteiger charge is 2.48. The summed E-state index contributed by atoms with van der Waals surface area (Å²) < 4.78 is 0. The lowest BCUT2D eigenvalue weighted by Gasteiger charge is -2.13. The zero-order valence-corrected chi connectivity index (χ0v) is 15.7. The zero-order chi connectivity index (χ0) is 21.0. The average molecular weight is 395 g/mol. The molecule has 0 aliphatic heterocycles. The van der Waals surface area contributed by atoms with Crippen LogP contribution in [0.2, 0.25) is 0 Å². The zero-order valence-electron chi connectivity index (χ0n) is 15.7. The molecule has 1 aliphatic rings. The Balaban J connectivity index is 1.59. The topological polar surface area (TPSA) is 147 Å². The SMILES string of the molecule is CC(C(=O)O)c1ccncc1NC(=O)C1CC1C(=O)Nc1ccc(C=NN)cc1. The van der Waals surface area contributed by atoms with Gasteiger partial charge in [-0.05, 0) is 42.7 Å². The summed E-state index contributed by atoms with van der Waals surface area (Å²) in [5, 5.41) is 18.1. The van der Waals surface area contributed by atoms with Crippen molar-refractivity contribution in [3.8, 4) is 0 Å². The van der Waals surface area contributed by atoms with Crippen LogP contribution in [-0.4, -0.2) is 34.1 Å². The van der Waals surface area contributed by atoms with Crippen molar-refractivity contribution in [1.29, 1.82) is 0 Å². The third kappa shape index (κ3) is 4.75. The van der Waals surface area contributed by atoms with E-state index in [-0.39, 0.29) is 11.8 Å². The fraction of sp³-hybridized carbons (Fsp3) is 0.250. The number of rotatable bonds is 7. The first kappa shape index (κ1) is 20.0. The highest BCUT2D eigenvalue weighted by atomic mass is 16.4. The van der Waals surface area contributed by atoms with Gasteiger partial charge in [0.15, 0.2) is 0 Å². The van der Waals surface area contributed by atoms with Gasteiger partial charge in [0.1, 0.15) is 0 Å². The smallest absolute Gasteiger partial charge is 0.310 e. The van der Waals surface area contributed by atoms with E-state index in [0.717, 1.165) is 5.56 Å². The molecule has 2 amide bonds. The lowest BCUT2D eigenvalue weighted by molar-refractivity contribution is -0.138. The van der Waals surface area contributed by atoms with Crippen LogP contribution in [-0.2, 0) is 14.4 Å². The summed E-state index contributed by atoms with van der Waals surface area (Å²) in [6.07, 6.45) is 4.81. The molecule has 3 unspecified atom stereocenters. The van der Waals surface area contributed by atoms with Gasteiger partial charge in [-0.2, -0.15) is 5.10 Å². The Bertz CT molecular complexity index is 958. The third-order valence-corrected chi connectivity index (χ3v) is 4.82. The van der Waals surface area contributed by atoms with Crippen molar-refractivity contribution >= 4 is 35.4 Å². The summed E-state index contributed by atoms with van der Waals surface area (Å²) in [5.74, 6) is 1.84. The molecule has 1 saturated carbocycles. The van der Waals surface area contributed by atoms with Crippen molar-refractivity contribution in [1.82, 2.24) is 4.98 Å². The Hall–Kier alpha value is -3.75. The molecule has 0 spiro atoms. The van der Waals surface area contributed by atoms with Crippen LogP contribution >= 0.6 is 0 Å². The standard InChI is InChI=1S/C20H21N5O4/c1-11(20(28)29)14-6-7-22-10-17(14)25-19(27)16-8-15(16)18(26)24-13-4-2-12(3-5-13)9-23-21/h2-7,9-11,15-16H,8,21H2,1H3,(H,24,26)(H,25,27)(H,28,29). The molecule has 1 heterocycles. The van der Waals surface area contributed by atoms with Crippen LogP contribution in [0.1, 0.15) is 30.4 Å². The lowest BCUT2D eigenvalue weighted by Crippen LogP contribution is -2.22. The largest absolute Gasteiger partial charge is 0.481 e. The Morgan fingerprint density at radius 2 is 1.83 bits per heavy atom. The molecule has 0 saturated heterocycles. The molecule has 150 valence electrons. The van der Waals surface area contributed by atoms with Crippen LogP contribution < -0.4 is 16.5 Å². The Morgan fingerprint density at radius 1 is 1.17 bits per heavy atom. The summed E-state index contributed by atoms with van der Waals surface area (Å²) in [4.78, 5) is 40.1. The van der Waals surface area contributed by atoms with Gasteiger partial charge in [-0.1, -0.05) is 12.1 Å². The first-order chi connectivity index (χ1) is 13.9. The van der Waals surface area contributed by atoms with Crippen LogP contribution in [0.5, 0.6) is 0 Å². The van der Waals surface area contributed by atoms with Crippen molar-refractivity contribution in [2.45, 2.75) is 19.3 Å². The van der Waals surface area contributed by atoms with Crippen LogP contribution in [0.4, 0.5) is 11.4 Å². The molecule has 2 aromatic rings. The summed E-state index contributed by atoms with van der Waals surface area (Å²) >= 11 is 0. The second-order valence-electron chi connectivity index (χ2n) is 6.85. The van der Waals surface area contributed by atoms with E-state index in [1.165, 1.54) is 25.5 Å². The van der Waals surface area contributed by atoms with Crippen molar-refractivity contribution in [2.24, 2.45) is 22.8 Å². The quantitative estimate of drug-likeness (QED) is 0.319. The number of nitrogens with zero attached hydrogens (tertiary/aromatic N) is 2. The number of benzene rings is 1. The van der Waals surface area contributed by atoms with E-state index in [2.05, 4.69) is 20.7 Å². The van der Waals surface area contributed by atoms with E-state index in [0.29, 0.717) is 23.4 Å². The molecule has 0 bridgehead atoms. The lowest BCUT2D eigenvalue weighted by atomic mass is 10.0. The van der Waals surface area contributed by atoms with Gasteiger partial charge in [-0.15, -0.1) is 0 Å². The molecule has 5 N–H and O–H groups in total. The third-order valence-electron chi connectivity index (χ3n) is 4.82. The number of carboxylic acid groups (broad SMARTS) is 1. The number of nitrogens with two attached hydrogens (primary N) is 1. The molecule has 1 aromatic heterocycles. The number of pyridine rings is 1. The van der Waals surface area contributed by atoms with Gasteiger partial charge in [-0.25, -0.2) is 0 Å². The molecular formula is C20H21N5O4. The Kier molecular flexibility index (Phi) is 5.87. The van der Waals surface area contributed by atoms with E-state index < -0.39 is 23.7 Å². The average Bonchev–Trinajstić information content (AvgIpc) is 3.51. The summed E-state index contributed by atoms with van der Waals surface area (Å²) in [7, 11) is 0. The number of carbonyl (C=O) groups excluding carboxylic acids is 2. The van der Waals surface area contributed by atoms with Gasteiger partial charge in [0.05, 0.1) is 35.9 Å². The maximum absolute atomic E-state index is 12.5.